The molecular weight excluding hydrogens is 392 g/mol. The maximum Gasteiger partial charge on any atom is 0.186 e. The first-order valence-electron chi connectivity index (χ1n) is 10.8. The summed E-state index contributed by atoms with van der Waals surface area (Å²) in [4.78, 5) is 0. The fourth-order valence-electron chi connectivity index (χ4n) is 3.67. The molecule has 1 heterocycles. The molecule has 2 aromatic rings. The van der Waals surface area contributed by atoms with Crippen LogP contribution in [0.15, 0.2) is 72.8 Å². The lowest BCUT2D eigenvalue weighted by molar-refractivity contribution is -0.303. The molecule has 5 heteroatoms. The smallest absolute Gasteiger partial charge is 0.186 e. The van der Waals surface area contributed by atoms with Gasteiger partial charge in [0.15, 0.2) is 6.29 Å². The Labute approximate surface area is 185 Å². The molecule has 5 atom stereocenters. The molecule has 1 aliphatic rings. The highest BCUT2D eigenvalue weighted by Gasteiger charge is 2.47. The summed E-state index contributed by atoms with van der Waals surface area (Å²) >= 11 is 0. The zero-order valence-electron chi connectivity index (χ0n) is 18.8. The van der Waals surface area contributed by atoms with E-state index in [9.17, 15) is 0 Å². The van der Waals surface area contributed by atoms with Crippen LogP contribution in [-0.2, 0) is 36.9 Å². The van der Waals surface area contributed by atoms with Crippen molar-refractivity contribution in [3.63, 3.8) is 0 Å². The molecule has 1 fully saturated rings. The Morgan fingerprint density at radius 2 is 1.32 bits per heavy atom. The van der Waals surface area contributed by atoms with Gasteiger partial charge in [0, 0.05) is 14.2 Å². The predicted molar refractivity (Wildman–Crippen MR) is 120 cm³/mol. The van der Waals surface area contributed by atoms with Crippen LogP contribution in [0.3, 0.4) is 0 Å². The van der Waals surface area contributed by atoms with Crippen molar-refractivity contribution in [2.75, 3.05) is 14.2 Å². The van der Waals surface area contributed by atoms with Crippen molar-refractivity contribution < 1.29 is 23.7 Å². The van der Waals surface area contributed by atoms with Crippen LogP contribution in [0.5, 0.6) is 0 Å². The van der Waals surface area contributed by atoms with Gasteiger partial charge in [-0.25, -0.2) is 0 Å². The van der Waals surface area contributed by atoms with E-state index in [0.717, 1.165) is 11.1 Å². The maximum absolute atomic E-state index is 6.40. The molecule has 1 saturated heterocycles. The molecule has 31 heavy (non-hydrogen) atoms. The Balaban J connectivity index is 1.84. The molecule has 1 aliphatic heterocycles. The summed E-state index contributed by atoms with van der Waals surface area (Å²) in [7, 11) is 3.27. The van der Waals surface area contributed by atoms with Crippen LogP contribution in [0, 0.1) is 5.92 Å². The van der Waals surface area contributed by atoms with Crippen LogP contribution < -0.4 is 0 Å². The number of allylic oxidation sites excluding steroid dienone is 1. The summed E-state index contributed by atoms with van der Waals surface area (Å²) in [6.07, 6.45) is 2.17. The highest BCUT2D eigenvalue weighted by atomic mass is 16.7. The lowest BCUT2D eigenvalue weighted by atomic mass is 9.96. The molecule has 0 amide bonds. The van der Waals surface area contributed by atoms with Crippen LogP contribution in [0.2, 0.25) is 0 Å². The number of methoxy groups -OCH3 is 2. The lowest BCUT2D eigenvalue weighted by Crippen LogP contribution is -2.59. The van der Waals surface area contributed by atoms with Crippen molar-refractivity contribution in [2.45, 2.75) is 57.8 Å². The van der Waals surface area contributed by atoms with Crippen molar-refractivity contribution in [2.24, 2.45) is 5.92 Å². The van der Waals surface area contributed by atoms with Gasteiger partial charge in [0.2, 0.25) is 0 Å². The SMILES string of the molecule is CO[C@@H]1O[C@H](/C=C\C(C)C)[C@H](OCc2ccccc2)[C@@H](OCc2ccccc2)[C@H]1OC. The van der Waals surface area contributed by atoms with E-state index < -0.39 is 12.4 Å². The van der Waals surface area contributed by atoms with E-state index in [1.165, 1.54) is 0 Å². The van der Waals surface area contributed by atoms with Gasteiger partial charge in [-0.15, -0.1) is 0 Å². The highest BCUT2D eigenvalue weighted by Crippen LogP contribution is 2.30. The molecule has 0 saturated carbocycles. The monoisotopic (exact) mass is 426 g/mol. The van der Waals surface area contributed by atoms with Gasteiger partial charge in [-0.3, -0.25) is 0 Å². The van der Waals surface area contributed by atoms with E-state index in [1.807, 2.05) is 60.7 Å². The first kappa shape index (κ1) is 23.6. The van der Waals surface area contributed by atoms with E-state index in [1.54, 1.807) is 14.2 Å². The summed E-state index contributed by atoms with van der Waals surface area (Å²) < 4.78 is 30.4. The Morgan fingerprint density at radius 1 is 0.774 bits per heavy atom. The van der Waals surface area contributed by atoms with Crippen molar-refractivity contribution in [3.05, 3.63) is 83.9 Å². The second-order valence-electron chi connectivity index (χ2n) is 8.06. The Kier molecular flexibility index (Phi) is 9.25. The average Bonchev–Trinajstić information content (AvgIpc) is 2.81. The molecule has 0 bridgehead atoms. The van der Waals surface area contributed by atoms with Gasteiger partial charge >= 0.3 is 0 Å². The second-order valence-corrected chi connectivity index (χ2v) is 8.06. The van der Waals surface area contributed by atoms with Gasteiger partial charge in [0.05, 0.1) is 13.2 Å². The Hall–Kier alpha value is -2.02. The second kappa shape index (κ2) is 12.1. The van der Waals surface area contributed by atoms with Crippen LogP contribution in [0.25, 0.3) is 0 Å². The van der Waals surface area contributed by atoms with Crippen molar-refractivity contribution in [1.29, 1.82) is 0 Å². The maximum atomic E-state index is 6.40. The zero-order valence-corrected chi connectivity index (χ0v) is 18.8. The van der Waals surface area contributed by atoms with Gasteiger partial charge in [-0.05, 0) is 17.0 Å². The standard InChI is InChI=1S/C26H34O5/c1-19(2)15-16-22-23(29-17-20-11-7-5-8-12-20)24(25(27-3)26(28-4)31-22)30-18-21-13-9-6-10-14-21/h5-16,19,22-26H,17-18H2,1-4H3/b16-15-/t22-,23+,24-,25-,26-/m1/s1. The number of hydrogen-bond donors (Lipinski definition) is 0. The molecule has 0 aromatic heterocycles. The fourth-order valence-corrected chi connectivity index (χ4v) is 3.67. The van der Waals surface area contributed by atoms with Crippen LogP contribution in [0.1, 0.15) is 25.0 Å². The largest absolute Gasteiger partial charge is 0.373 e. The molecule has 0 unspecified atom stereocenters. The minimum atomic E-state index is -0.552. The highest BCUT2D eigenvalue weighted by molar-refractivity contribution is 5.15. The van der Waals surface area contributed by atoms with Gasteiger partial charge in [-0.1, -0.05) is 86.7 Å². The molecule has 5 nitrogen and oxygen atoms in total. The zero-order chi connectivity index (χ0) is 22.1. The predicted octanol–water partition coefficient (Wildman–Crippen LogP) is 4.76. The molecular formula is C26H34O5. The van der Waals surface area contributed by atoms with Crippen LogP contribution in [0.4, 0.5) is 0 Å². The molecule has 0 aliphatic carbocycles. The number of rotatable bonds is 10. The molecule has 168 valence electrons. The molecule has 3 rings (SSSR count). The lowest BCUT2D eigenvalue weighted by Gasteiger charge is -2.44. The minimum absolute atomic E-state index is 0.316. The quantitative estimate of drug-likeness (QED) is 0.513. The first-order chi connectivity index (χ1) is 15.1. The van der Waals surface area contributed by atoms with Gasteiger partial charge in [0.25, 0.3) is 0 Å². The van der Waals surface area contributed by atoms with E-state index in [2.05, 4.69) is 26.0 Å². The molecule has 0 N–H and O–H groups in total. The Bertz CT molecular complexity index is 777. The number of benzene rings is 2. The summed E-state index contributed by atoms with van der Waals surface area (Å²) in [5.74, 6) is 0.392. The fraction of sp³-hybridized carbons (Fsp3) is 0.462. The summed E-state index contributed by atoms with van der Waals surface area (Å²) in [5.41, 5.74) is 2.19. The molecule has 0 radical (unpaired) electrons. The third kappa shape index (κ3) is 6.73. The summed E-state index contributed by atoms with van der Waals surface area (Å²) in [5, 5.41) is 0. The summed E-state index contributed by atoms with van der Waals surface area (Å²) in [6, 6.07) is 20.2. The Morgan fingerprint density at radius 3 is 1.81 bits per heavy atom. The third-order valence-electron chi connectivity index (χ3n) is 5.29. The van der Waals surface area contributed by atoms with Gasteiger partial charge in [-0.2, -0.15) is 0 Å². The minimum Gasteiger partial charge on any atom is -0.373 e. The normalized spacial score (nSPS) is 26.5. The third-order valence-corrected chi connectivity index (χ3v) is 5.29. The summed E-state index contributed by atoms with van der Waals surface area (Å²) in [6.45, 7) is 5.18. The van der Waals surface area contributed by atoms with Crippen molar-refractivity contribution in [3.8, 4) is 0 Å². The average molecular weight is 427 g/mol. The van der Waals surface area contributed by atoms with E-state index in [4.69, 9.17) is 23.7 Å². The van der Waals surface area contributed by atoms with Crippen LogP contribution >= 0.6 is 0 Å². The number of ether oxygens (including phenoxy) is 5. The van der Waals surface area contributed by atoms with E-state index in [-0.39, 0.29) is 18.3 Å². The van der Waals surface area contributed by atoms with Gasteiger partial charge < -0.3 is 23.7 Å². The molecule has 2 aromatic carbocycles. The van der Waals surface area contributed by atoms with E-state index in [0.29, 0.717) is 19.1 Å². The topological polar surface area (TPSA) is 46.2 Å². The van der Waals surface area contributed by atoms with Crippen molar-refractivity contribution in [1.82, 2.24) is 0 Å². The molecule has 0 spiro atoms. The van der Waals surface area contributed by atoms with E-state index >= 15 is 0 Å². The number of hydrogen-bond acceptors (Lipinski definition) is 5. The van der Waals surface area contributed by atoms with Crippen molar-refractivity contribution >= 4 is 0 Å². The van der Waals surface area contributed by atoms with Gasteiger partial charge in [0.1, 0.15) is 24.4 Å². The van der Waals surface area contributed by atoms with Crippen LogP contribution in [-0.4, -0.2) is 44.9 Å². The first-order valence-corrected chi connectivity index (χ1v) is 10.8.